The fourth-order valence-corrected chi connectivity index (χ4v) is 14.1. The third kappa shape index (κ3) is 24.2. The summed E-state index contributed by atoms with van der Waals surface area (Å²) in [4.78, 5) is 0. The van der Waals surface area contributed by atoms with Crippen LogP contribution in [-0.2, 0) is 41.4 Å². The van der Waals surface area contributed by atoms with E-state index in [9.17, 15) is 111 Å². The molecule has 760 valence electrons. The van der Waals surface area contributed by atoms with Crippen LogP contribution < -0.4 is 28.4 Å². The summed E-state index contributed by atoms with van der Waals surface area (Å²) in [6.45, 7) is 5.32. The molecule has 0 bridgehead atoms. The Hall–Kier alpha value is -16.8. The third-order valence-electron chi connectivity index (χ3n) is 21.1. The molecule has 2 aliphatic carbocycles. The van der Waals surface area contributed by atoms with Crippen molar-refractivity contribution in [1.29, 1.82) is 5.26 Å². The Bertz CT molecular complexity index is 7840. The summed E-state index contributed by atoms with van der Waals surface area (Å²) < 4.78 is 342. The predicted octanol–water partition coefficient (Wildman–Crippen LogP) is 22.2. The Morgan fingerprint density at radius 2 is 0.651 bits per heavy atom. The maximum atomic E-state index is 14.3. The molecule has 2 fully saturated rings. The van der Waals surface area contributed by atoms with Crippen molar-refractivity contribution in [1.82, 2.24) is 119 Å². The average molecular weight is 2060 g/mol. The lowest BCUT2D eigenvalue weighted by Crippen LogP contribution is -2.18. The largest absolute Gasteiger partial charge is 0.573 e. The summed E-state index contributed by atoms with van der Waals surface area (Å²) in [5.41, 5.74) is 6.48. The van der Waals surface area contributed by atoms with Gasteiger partial charge in [0.15, 0.2) is 51.3 Å². The zero-order valence-electron chi connectivity index (χ0n) is 75.8. The number of halogens is 24. The fraction of sp³-hybridized carbons (Fsp3) is 0.264. The van der Waals surface area contributed by atoms with Crippen LogP contribution in [0.1, 0.15) is 119 Å². The molecule has 12 heterocycles. The van der Waals surface area contributed by atoms with Crippen molar-refractivity contribution in [3.05, 3.63) is 252 Å². The molecule has 0 unspecified atom stereocenters. The molecule has 2 aliphatic rings. The first-order chi connectivity index (χ1) is 68.5. The van der Waals surface area contributed by atoms with Crippen LogP contribution in [0.2, 0.25) is 0 Å². The Morgan fingerprint density at radius 3 is 1.00 bits per heavy atom. The Kier molecular flexibility index (Phi) is 28.3. The number of nitriles is 1. The van der Waals surface area contributed by atoms with Gasteiger partial charge in [-0.05, 0) is 213 Å². The van der Waals surface area contributed by atoms with Crippen LogP contribution in [0.25, 0.3) is 101 Å². The molecule has 31 nitrogen and oxygen atoms in total. The molecule has 6 aromatic carbocycles. The van der Waals surface area contributed by atoms with Gasteiger partial charge in [-0.25, -0.2) is 8.78 Å². The molecule has 0 radical (unpaired) electrons. The highest BCUT2D eigenvalue weighted by molar-refractivity contribution is 5.72. The van der Waals surface area contributed by atoms with Gasteiger partial charge < -0.3 is 28.4 Å². The van der Waals surface area contributed by atoms with Crippen molar-refractivity contribution in [3.8, 4) is 108 Å². The van der Waals surface area contributed by atoms with Crippen LogP contribution in [0.15, 0.2) is 194 Å². The topological polar surface area (TPSA) is 338 Å². The highest BCUT2D eigenvalue weighted by Crippen LogP contribution is 2.50. The van der Waals surface area contributed by atoms with Crippen molar-refractivity contribution in [2.75, 3.05) is 14.2 Å². The van der Waals surface area contributed by atoms with Crippen LogP contribution in [0.3, 0.4) is 0 Å². The second-order valence-electron chi connectivity index (χ2n) is 32.3. The molecular formula is C91H67F24N25O6. The molecule has 18 aromatic rings. The van der Waals surface area contributed by atoms with Crippen LogP contribution >= 0.6 is 0 Å². The van der Waals surface area contributed by atoms with Crippen LogP contribution in [0.4, 0.5) is 105 Å². The molecule has 0 aliphatic heterocycles. The van der Waals surface area contributed by atoms with E-state index in [2.05, 4.69) is 117 Å². The zero-order chi connectivity index (χ0) is 106. The maximum Gasteiger partial charge on any atom is 0.573 e. The van der Waals surface area contributed by atoms with E-state index >= 15 is 0 Å². The number of hydrogen-bond acceptors (Lipinski definition) is 25. The molecule has 20 rings (SSSR count). The van der Waals surface area contributed by atoms with Gasteiger partial charge in [-0.15, -0.1) is 114 Å². The predicted molar refractivity (Wildman–Crippen MR) is 463 cm³/mol. The summed E-state index contributed by atoms with van der Waals surface area (Å²) >= 11 is 0. The molecule has 146 heavy (non-hydrogen) atoms. The molecule has 55 heteroatoms. The summed E-state index contributed by atoms with van der Waals surface area (Å²) in [5.74, 6) is -21.7. The summed E-state index contributed by atoms with van der Waals surface area (Å²) in [6, 6.07) is 47.8. The third-order valence-corrected chi connectivity index (χ3v) is 21.1. The molecule has 0 N–H and O–H groups in total. The van der Waals surface area contributed by atoms with E-state index in [1.807, 2.05) is 37.3 Å². The Morgan fingerprint density at radius 1 is 0.329 bits per heavy atom. The Labute approximate surface area is 803 Å². The van der Waals surface area contributed by atoms with Crippen molar-refractivity contribution >= 4 is 33.9 Å². The van der Waals surface area contributed by atoms with Crippen molar-refractivity contribution < 1.29 is 134 Å². The highest BCUT2D eigenvalue weighted by atomic mass is 19.4. The SMILES string of the molecule is CC(F)(F)c1nnc2ccc(-c3ccc(OC(F)(F)F)cc3)nn12.CC(F)(F)c1nnc2ccc(-c3ccc(OC(F)(F)F)cc3F)nn12.CC(F)(F)c1nnc2ccc(-c3cccc(OC(F)(F)F)c3F)nn12.CCc1nnc2ccc(-c3ccc(OC(F)(F)F)cc3)nn12.COc1cc(C2(C#N)CC2)ccc1-c1ccc2nnc(C(C)(F)F)n2n1.COc1cc(C2CC2)ccc1-c1ccc2nnc(C(C)(F)F)n2n1. The minimum Gasteiger partial charge on any atom is -0.496 e. The molecule has 12 aromatic heterocycles. The van der Waals surface area contributed by atoms with Crippen LogP contribution in [-0.4, -0.2) is 159 Å². The van der Waals surface area contributed by atoms with E-state index in [1.165, 1.54) is 98.3 Å². The highest BCUT2D eigenvalue weighted by Gasteiger charge is 2.46. The number of hydrogen-bond donors (Lipinski definition) is 0. The second kappa shape index (κ2) is 39.8. The standard InChI is InChI=1S/C18H15F2N5O.C17H16F2N4O.2C14H8F6N4O.C14H9F5N4O.C14H11F3N4O/c1-17(19,20)16-23-22-15-6-5-13(24-25(15)16)12-4-3-11(9-14(12)26-2)18(10-21)7-8-18;1-17(18,19)16-21-20-15-8-7-13(22-23(15)16)12-6-5-11(10-3-4-10)9-14(12)24-2;1-13(16,17)12-22-21-11-5-4-10(23-24(11)12)8-3-2-7(6-9(8)15)25-14(18,19)20;1-13(16,17)12-22-21-10-6-5-8(23-24(10)12)7-3-2-4-9(11(7)15)25-14(18,19)20;1-13(15,16)12-21-20-11-7-6-10(22-23(11)12)8-2-4-9(5-3-8)24-14(17,18)19;1-2-12-18-19-13-8-7-11(20-21(12)13)9-3-5-10(6-4-9)22-14(15,16)17/h3-6,9H,7-8H2,1-2H3;5-10H,3-4H2,1-2H3;2*2-6H,1H3;2-7H,1H3;3-8H,2H2,1H3. The number of ether oxygens (including phenoxy) is 6. The summed E-state index contributed by atoms with van der Waals surface area (Å²) in [5, 5.41) is 77.3. The smallest absolute Gasteiger partial charge is 0.496 e. The number of fused-ring (bicyclic) bond motifs is 6. The van der Waals surface area contributed by atoms with E-state index < -0.39 is 118 Å². The molecule has 0 spiro atoms. The molecular weight excluding hydrogens is 2000 g/mol. The first kappa shape index (κ1) is 104. The number of rotatable bonds is 20. The van der Waals surface area contributed by atoms with Gasteiger partial charge in [0, 0.05) is 80.5 Å². The monoisotopic (exact) mass is 2060 g/mol. The number of alkyl halides is 22. The van der Waals surface area contributed by atoms with E-state index in [0.29, 0.717) is 100 Å². The van der Waals surface area contributed by atoms with E-state index in [0.717, 1.165) is 98.3 Å². The Balaban J connectivity index is 0.000000132. The number of aryl methyl sites for hydroxylation is 1. The van der Waals surface area contributed by atoms with Gasteiger partial charge in [-0.1, -0.05) is 25.1 Å². The maximum absolute atomic E-state index is 14.3. The minimum absolute atomic E-state index is 0.0118. The van der Waals surface area contributed by atoms with Gasteiger partial charge >= 0.3 is 55.1 Å². The lowest BCUT2D eigenvalue weighted by atomic mass is 9.95. The average Bonchev–Trinajstić information content (AvgIpc) is 1.60. The lowest BCUT2D eigenvalue weighted by molar-refractivity contribution is -0.276. The van der Waals surface area contributed by atoms with Crippen LogP contribution in [0, 0.1) is 23.0 Å². The number of nitrogens with zero attached hydrogens (tertiary/aromatic N) is 25. The van der Waals surface area contributed by atoms with Crippen LogP contribution in [0.5, 0.6) is 34.5 Å². The second-order valence-corrected chi connectivity index (χ2v) is 32.3. The molecule has 0 saturated heterocycles. The van der Waals surface area contributed by atoms with Gasteiger partial charge in [0.1, 0.15) is 34.6 Å². The van der Waals surface area contributed by atoms with E-state index in [1.54, 1.807) is 54.1 Å². The van der Waals surface area contributed by atoms with Crippen molar-refractivity contribution in [3.63, 3.8) is 0 Å². The molecule has 2 saturated carbocycles. The fourth-order valence-electron chi connectivity index (χ4n) is 14.1. The zero-order valence-corrected chi connectivity index (χ0v) is 75.8. The summed E-state index contributed by atoms with van der Waals surface area (Å²) in [6.07, 6.45) is -14.8. The van der Waals surface area contributed by atoms with Gasteiger partial charge in [-0.2, -0.15) is 107 Å². The first-order valence-corrected chi connectivity index (χ1v) is 42.4. The van der Waals surface area contributed by atoms with Gasteiger partial charge in [0.05, 0.1) is 59.9 Å². The van der Waals surface area contributed by atoms with E-state index in [-0.39, 0.29) is 62.2 Å². The number of benzene rings is 6. The first-order valence-electron chi connectivity index (χ1n) is 42.4. The lowest BCUT2D eigenvalue weighted by Gasteiger charge is -2.13. The summed E-state index contributed by atoms with van der Waals surface area (Å²) in [7, 11) is 3.12. The van der Waals surface area contributed by atoms with Gasteiger partial charge in [-0.3, -0.25) is 0 Å². The van der Waals surface area contributed by atoms with Crippen molar-refractivity contribution in [2.45, 2.75) is 140 Å². The molecule has 0 atom stereocenters. The normalized spacial score (nSPS) is 13.4. The quantitative estimate of drug-likeness (QED) is 0.0640. The van der Waals surface area contributed by atoms with Gasteiger partial charge in [0.2, 0.25) is 29.1 Å². The van der Waals surface area contributed by atoms with E-state index in [4.69, 9.17) is 9.47 Å². The number of aromatic nitrogens is 24. The van der Waals surface area contributed by atoms with Gasteiger partial charge in [0.25, 0.3) is 0 Å². The molecule has 0 amide bonds. The number of methoxy groups -OCH3 is 2. The van der Waals surface area contributed by atoms with Crippen molar-refractivity contribution in [2.24, 2.45) is 0 Å². The minimum atomic E-state index is -5.08.